The number of carbonyl (C=O) groups is 1. The number of ether oxygens (including phenoxy) is 2. The number of aromatic nitrogens is 1. The number of amides is 1. The number of fused-ring (bicyclic) bond motifs is 1. The molecular weight excluding hydrogens is 312 g/mol. The Morgan fingerprint density at radius 3 is 3.04 bits per heavy atom. The van der Waals surface area contributed by atoms with Crippen LogP contribution in [0.4, 0.5) is 0 Å². The Balaban J connectivity index is 1.71. The second kappa shape index (κ2) is 7.86. The van der Waals surface area contributed by atoms with Crippen molar-refractivity contribution >= 4 is 27.5 Å². The van der Waals surface area contributed by atoms with Gasteiger partial charge in [0.05, 0.1) is 29.5 Å². The largest absolute Gasteiger partial charge is 0.382 e. The van der Waals surface area contributed by atoms with E-state index in [0.717, 1.165) is 36.3 Å². The van der Waals surface area contributed by atoms with E-state index in [1.54, 1.807) is 18.4 Å². The Morgan fingerprint density at radius 1 is 1.35 bits per heavy atom. The second-order valence-corrected chi connectivity index (χ2v) is 6.73. The van der Waals surface area contributed by atoms with E-state index >= 15 is 0 Å². The summed E-state index contributed by atoms with van der Waals surface area (Å²) in [6.45, 7) is 1.86. The highest BCUT2D eigenvalue weighted by atomic mass is 32.1. The summed E-state index contributed by atoms with van der Waals surface area (Å²) in [5, 5.41) is 1.04. The van der Waals surface area contributed by atoms with Gasteiger partial charge in [-0.2, -0.15) is 0 Å². The second-order valence-electron chi connectivity index (χ2n) is 5.66. The van der Waals surface area contributed by atoms with Crippen LogP contribution < -0.4 is 0 Å². The van der Waals surface area contributed by atoms with Crippen molar-refractivity contribution in [3.8, 4) is 0 Å². The van der Waals surface area contributed by atoms with Gasteiger partial charge in [-0.15, -0.1) is 11.3 Å². The van der Waals surface area contributed by atoms with E-state index in [9.17, 15) is 4.79 Å². The van der Waals surface area contributed by atoms with Crippen molar-refractivity contribution in [2.45, 2.75) is 25.3 Å². The Hall–Kier alpha value is -1.50. The third-order valence-electron chi connectivity index (χ3n) is 4.08. The normalized spacial score (nSPS) is 18.5. The summed E-state index contributed by atoms with van der Waals surface area (Å²) >= 11 is 1.69. The van der Waals surface area contributed by atoms with Crippen LogP contribution in [0.1, 0.15) is 30.3 Å². The molecule has 5 nitrogen and oxygen atoms in total. The Kier molecular flexibility index (Phi) is 5.59. The number of carbonyl (C=O) groups excluding carboxylic acids is 1. The average Bonchev–Trinajstić information content (AvgIpc) is 3.02. The molecule has 1 saturated heterocycles. The van der Waals surface area contributed by atoms with E-state index in [4.69, 9.17) is 14.5 Å². The SMILES string of the molecule is COCCOCC(=O)N1CCCCC1c1nc2ccccc2s1. The number of para-hydroxylation sites is 1. The Morgan fingerprint density at radius 2 is 2.22 bits per heavy atom. The summed E-state index contributed by atoms with van der Waals surface area (Å²) in [5.74, 6) is 0.0464. The van der Waals surface area contributed by atoms with Gasteiger partial charge in [0, 0.05) is 13.7 Å². The maximum absolute atomic E-state index is 12.5. The van der Waals surface area contributed by atoms with Gasteiger partial charge in [-0.3, -0.25) is 4.79 Å². The fourth-order valence-corrected chi connectivity index (χ4v) is 4.02. The Labute approximate surface area is 140 Å². The van der Waals surface area contributed by atoms with Crippen LogP contribution in [0.2, 0.25) is 0 Å². The van der Waals surface area contributed by atoms with E-state index < -0.39 is 0 Å². The molecule has 2 heterocycles. The molecule has 1 aromatic carbocycles. The summed E-state index contributed by atoms with van der Waals surface area (Å²) in [7, 11) is 1.62. The van der Waals surface area contributed by atoms with Crippen LogP contribution in [0.5, 0.6) is 0 Å². The highest BCUT2D eigenvalue weighted by molar-refractivity contribution is 7.18. The van der Waals surface area contributed by atoms with Crippen LogP contribution in [0, 0.1) is 0 Å². The van der Waals surface area contributed by atoms with Crippen LogP contribution in [-0.2, 0) is 14.3 Å². The molecule has 1 atom stereocenters. The third-order valence-corrected chi connectivity index (χ3v) is 5.21. The maximum Gasteiger partial charge on any atom is 0.249 e. The minimum absolute atomic E-state index is 0.0464. The van der Waals surface area contributed by atoms with Crippen molar-refractivity contribution in [2.24, 2.45) is 0 Å². The molecule has 23 heavy (non-hydrogen) atoms. The minimum Gasteiger partial charge on any atom is -0.382 e. The van der Waals surface area contributed by atoms with Crippen molar-refractivity contribution in [2.75, 3.05) is 33.5 Å². The molecule has 3 rings (SSSR count). The first kappa shape index (κ1) is 16.4. The predicted molar refractivity (Wildman–Crippen MR) is 90.6 cm³/mol. The first-order valence-electron chi connectivity index (χ1n) is 8.01. The molecule has 0 radical (unpaired) electrons. The number of benzene rings is 1. The monoisotopic (exact) mass is 334 g/mol. The highest BCUT2D eigenvalue weighted by Crippen LogP contribution is 2.35. The summed E-state index contributed by atoms with van der Waals surface area (Å²) in [5.41, 5.74) is 1.02. The van der Waals surface area contributed by atoms with Crippen LogP contribution in [0.15, 0.2) is 24.3 Å². The predicted octanol–water partition coefficient (Wildman–Crippen LogP) is 3.01. The lowest BCUT2D eigenvalue weighted by Gasteiger charge is -2.34. The van der Waals surface area contributed by atoms with Crippen molar-refractivity contribution in [1.82, 2.24) is 9.88 Å². The summed E-state index contributed by atoms with van der Waals surface area (Å²) < 4.78 is 11.5. The van der Waals surface area contributed by atoms with Crippen LogP contribution in [0.25, 0.3) is 10.2 Å². The molecule has 1 amide bonds. The van der Waals surface area contributed by atoms with Gasteiger partial charge in [-0.25, -0.2) is 4.98 Å². The Bertz CT molecular complexity index is 625. The summed E-state index contributed by atoms with van der Waals surface area (Å²) in [6, 6.07) is 8.22. The molecule has 124 valence electrons. The van der Waals surface area contributed by atoms with Crippen LogP contribution >= 0.6 is 11.3 Å². The van der Waals surface area contributed by atoms with Crippen LogP contribution in [-0.4, -0.2) is 49.3 Å². The van der Waals surface area contributed by atoms with Gasteiger partial charge in [0.2, 0.25) is 5.91 Å². The zero-order valence-electron chi connectivity index (χ0n) is 13.4. The minimum atomic E-state index is 0.0464. The zero-order valence-corrected chi connectivity index (χ0v) is 14.2. The smallest absolute Gasteiger partial charge is 0.249 e. The van der Waals surface area contributed by atoms with Crippen molar-refractivity contribution in [1.29, 1.82) is 0 Å². The lowest BCUT2D eigenvalue weighted by atomic mass is 10.0. The number of likely N-dealkylation sites (tertiary alicyclic amines) is 1. The van der Waals surface area contributed by atoms with E-state index in [2.05, 4.69) is 6.07 Å². The summed E-state index contributed by atoms with van der Waals surface area (Å²) in [6.07, 6.45) is 3.16. The fourth-order valence-electron chi connectivity index (χ4n) is 2.90. The maximum atomic E-state index is 12.5. The van der Waals surface area contributed by atoms with Gasteiger partial charge in [0.1, 0.15) is 11.6 Å². The van der Waals surface area contributed by atoms with Gasteiger partial charge in [0.25, 0.3) is 0 Å². The molecule has 1 aromatic heterocycles. The van der Waals surface area contributed by atoms with E-state index in [-0.39, 0.29) is 18.6 Å². The van der Waals surface area contributed by atoms with E-state index in [0.29, 0.717) is 13.2 Å². The number of nitrogens with zero attached hydrogens (tertiary/aromatic N) is 2. The molecule has 0 spiro atoms. The van der Waals surface area contributed by atoms with Gasteiger partial charge < -0.3 is 14.4 Å². The van der Waals surface area contributed by atoms with Gasteiger partial charge in [0.15, 0.2) is 0 Å². The molecule has 1 unspecified atom stereocenters. The quantitative estimate of drug-likeness (QED) is 0.762. The number of hydrogen-bond acceptors (Lipinski definition) is 5. The van der Waals surface area contributed by atoms with Gasteiger partial charge in [-0.1, -0.05) is 12.1 Å². The number of rotatable bonds is 6. The zero-order chi connectivity index (χ0) is 16.1. The molecule has 0 saturated carbocycles. The third kappa shape index (κ3) is 3.88. The molecule has 0 bridgehead atoms. The molecule has 1 fully saturated rings. The molecule has 1 aliphatic rings. The highest BCUT2D eigenvalue weighted by Gasteiger charge is 2.30. The number of piperidine rings is 1. The van der Waals surface area contributed by atoms with Crippen LogP contribution in [0.3, 0.4) is 0 Å². The van der Waals surface area contributed by atoms with Gasteiger partial charge >= 0.3 is 0 Å². The van der Waals surface area contributed by atoms with Crippen molar-refractivity contribution in [3.63, 3.8) is 0 Å². The molecule has 2 aromatic rings. The molecule has 1 aliphatic heterocycles. The molecule has 6 heteroatoms. The number of hydrogen-bond donors (Lipinski definition) is 0. The van der Waals surface area contributed by atoms with Crippen molar-refractivity contribution in [3.05, 3.63) is 29.3 Å². The first-order chi connectivity index (χ1) is 11.3. The first-order valence-corrected chi connectivity index (χ1v) is 8.83. The van der Waals surface area contributed by atoms with Crippen molar-refractivity contribution < 1.29 is 14.3 Å². The molecule has 0 aliphatic carbocycles. The average molecular weight is 334 g/mol. The lowest BCUT2D eigenvalue weighted by Crippen LogP contribution is -2.40. The molecule has 0 N–H and O–H groups in total. The van der Waals surface area contributed by atoms with Gasteiger partial charge in [-0.05, 0) is 31.4 Å². The number of methoxy groups -OCH3 is 1. The summed E-state index contributed by atoms with van der Waals surface area (Å²) in [4.78, 5) is 19.2. The fraction of sp³-hybridized carbons (Fsp3) is 0.529. The standard InChI is InChI=1S/C17H22N2O3S/c1-21-10-11-22-12-16(20)19-9-5-4-7-14(19)17-18-13-6-2-3-8-15(13)23-17/h2-3,6,8,14H,4-5,7,9-12H2,1H3. The molecular formula is C17H22N2O3S. The number of thiazole rings is 1. The topological polar surface area (TPSA) is 51.7 Å². The van der Waals surface area contributed by atoms with E-state index in [1.807, 2.05) is 23.1 Å². The van der Waals surface area contributed by atoms with E-state index in [1.165, 1.54) is 4.70 Å². The lowest BCUT2D eigenvalue weighted by molar-refractivity contribution is -0.140.